The van der Waals surface area contributed by atoms with E-state index in [1.807, 2.05) is 0 Å². The molecule has 0 bridgehead atoms. The average molecular weight is 194 g/mol. The molecule has 1 aliphatic carbocycles. The second kappa shape index (κ2) is 4.03. The molecule has 1 fully saturated rings. The molecular weight excluding hydrogens is 176 g/mol. The van der Waals surface area contributed by atoms with Gasteiger partial charge in [0.05, 0.1) is 6.20 Å². The zero-order valence-electron chi connectivity index (χ0n) is 8.70. The van der Waals surface area contributed by atoms with Gasteiger partial charge >= 0.3 is 0 Å². The number of nitrogen functional groups attached to an aromatic ring is 1. The van der Waals surface area contributed by atoms with Crippen LogP contribution in [0.5, 0.6) is 0 Å². The van der Waals surface area contributed by atoms with Gasteiger partial charge < -0.3 is 10.2 Å². The Kier molecular flexibility index (Phi) is 2.75. The molecule has 1 aromatic heterocycles. The van der Waals surface area contributed by atoms with Crippen LogP contribution < -0.4 is 5.73 Å². The Labute approximate surface area is 84.7 Å². The highest BCUT2D eigenvalue weighted by Gasteiger charge is 2.23. The lowest BCUT2D eigenvalue weighted by Crippen LogP contribution is -2.12. The highest BCUT2D eigenvalue weighted by Crippen LogP contribution is 2.37. The minimum atomic E-state index is 0.303. The van der Waals surface area contributed by atoms with E-state index in [1.165, 1.54) is 32.1 Å². The van der Waals surface area contributed by atoms with Gasteiger partial charge in [-0.1, -0.05) is 13.3 Å². The number of rotatable bonds is 2. The van der Waals surface area contributed by atoms with Crippen LogP contribution in [0.25, 0.3) is 0 Å². The van der Waals surface area contributed by atoms with E-state index in [2.05, 4.69) is 11.9 Å². The van der Waals surface area contributed by atoms with Crippen molar-refractivity contribution in [1.82, 2.24) is 4.98 Å². The maximum Gasteiger partial charge on any atom is 0.292 e. The fourth-order valence-electron chi connectivity index (χ4n) is 2.34. The molecule has 3 nitrogen and oxygen atoms in total. The van der Waals surface area contributed by atoms with Crippen LogP contribution >= 0.6 is 0 Å². The molecule has 1 aromatic rings. The molecule has 1 saturated carbocycles. The Bertz CT molecular complexity index is 287. The van der Waals surface area contributed by atoms with Crippen molar-refractivity contribution in [2.45, 2.75) is 44.9 Å². The fourth-order valence-corrected chi connectivity index (χ4v) is 2.34. The molecule has 0 aliphatic heterocycles. The Morgan fingerprint density at radius 3 is 2.64 bits per heavy atom. The Balaban J connectivity index is 1.95. The molecular formula is C11H18N2O. The van der Waals surface area contributed by atoms with E-state index < -0.39 is 0 Å². The monoisotopic (exact) mass is 194 g/mol. The normalized spacial score (nSPS) is 27.8. The van der Waals surface area contributed by atoms with Gasteiger partial charge in [0.1, 0.15) is 5.76 Å². The number of nitrogens with two attached hydrogens (primary N) is 1. The number of oxazole rings is 1. The predicted octanol–water partition coefficient (Wildman–Crippen LogP) is 2.94. The van der Waals surface area contributed by atoms with Crippen LogP contribution in [0.3, 0.4) is 0 Å². The number of anilines is 1. The minimum Gasteiger partial charge on any atom is -0.429 e. The lowest BCUT2D eigenvalue weighted by atomic mass is 9.80. The summed E-state index contributed by atoms with van der Waals surface area (Å²) in [7, 11) is 0. The number of hydrogen-bond donors (Lipinski definition) is 1. The van der Waals surface area contributed by atoms with Gasteiger partial charge in [-0.05, 0) is 31.6 Å². The summed E-state index contributed by atoms with van der Waals surface area (Å²) in [5.41, 5.74) is 5.46. The van der Waals surface area contributed by atoms with Gasteiger partial charge in [-0.2, -0.15) is 0 Å². The molecule has 3 heteroatoms. The van der Waals surface area contributed by atoms with E-state index >= 15 is 0 Å². The van der Waals surface area contributed by atoms with Gasteiger partial charge in [0.15, 0.2) is 0 Å². The maximum absolute atomic E-state index is 5.46. The first-order valence-corrected chi connectivity index (χ1v) is 5.50. The smallest absolute Gasteiger partial charge is 0.292 e. The highest BCUT2D eigenvalue weighted by atomic mass is 16.4. The predicted molar refractivity (Wildman–Crippen MR) is 55.9 cm³/mol. The first kappa shape index (κ1) is 9.56. The molecule has 2 rings (SSSR count). The summed E-state index contributed by atoms with van der Waals surface area (Å²) in [6, 6.07) is 0.303. The van der Waals surface area contributed by atoms with Crippen LogP contribution in [0.2, 0.25) is 0 Å². The van der Waals surface area contributed by atoms with E-state index in [0.29, 0.717) is 11.9 Å². The van der Waals surface area contributed by atoms with Gasteiger partial charge in [-0.25, -0.2) is 4.98 Å². The average Bonchev–Trinajstić information content (AvgIpc) is 2.65. The van der Waals surface area contributed by atoms with Crippen LogP contribution in [0.4, 0.5) is 6.01 Å². The van der Waals surface area contributed by atoms with Crippen molar-refractivity contribution in [3.05, 3.63) is 12.0 Å². The molecule has 78 valence electrons. The van der Waals surface area contributed by atoms with Gasteiger partial charge in [0, 0.05) is 5.92 Å². The first-order chi connectivity index (χ1) is 6.79. The summed E-state index contributed by atoms with van der Waals surface area (Å²) in [5, 5.41) is 0. The second-order valence-electron chi connectivity index (χ2n) is 4.23. The van der Waals surface area contributed by atoms with Gasteiger partial charge in [0.2, 0.25) is 0 Å². The summed E-state index contributed by atoms with van der Waals surface area (Å²) in [4.78, 5) is 3.94. The lowest BCUT2D eigenvalue weighted by molar-refractivity contribution is 0.295. The highest BCUT2D eigenvalue weighted by molar-refractivity contribution is 5.14. The zero-order chi connectivity index (χ0) is 9.97. The molecule has 0 spiro atoms. The van der Waals surface area contributed by atoms with E-state index in [-0.39, 0.29) is 0 Å². The van der Waals surface area contributed by atoms with Crippen molar-refractivity contribution in [3.8, 4) is 0 Å². The van der Waals surface area contributed by atoms with Gasteiger partial charge in [-0.3, -0.25) is 0 Å². The Morgan fingerprint density at radius 2 is 2.14 bits per heavy atom. The summed E-state index contributed by atoms with van der Waals surface area (Å²) < 4.78 is 5.36. The minimum absolute atomic E-state index is 0.303. The summed E-state index contributed by atoms with van der Waals surface area (Å²) in [5.74, 6) is 2.46. The second-order valence-corrected chi connectivity index (χ2v) is 4.23. The molecule has 1 aliphatic rings. The Morgan fingerprint density at radius 1 is 1.43 bits per heavy atom. The van der Waals surface area contributed by atoms with Crippen LogP contribution in [-0.4, -0.2) is 4.98 Å². The molecule has 0 amide bonds. The van der Waals surface area contributed by atoms with Crippen LogP contribution in [0, 0.1) is 5.92 Å². The molecule has 2 N–H and O–H groups in total. The molecule has 0 radical (unpaired) electrons. The largest absolute Gasteiger partial charge is 0.429 e. The van der Waals surface area contributed by atoms with Crippen molar-refractivity contribution >= 4 is 6.01 Å². The molecule has 0 aromatic carbocycles. The summed E-state index contributed by atoms with van der Waals surface area (Å²) in [6.45, 7) is 2.28. The summed E-state index contributed by atoms with van der Waals surface area (Å²) >= 11 is 0. The summed E-state index contributed by atoms with van der Waals surface area (Å²) in [6.07, 6.45) is 8.20. The SMILES string of the molecule is CCC1CCC(c2cnc(N)o2)CC1. The Hall–Kier alpha value is -0.990. The third-order valence-corrected chi connectivity index (χ3v) is 3.37. The number of nitrogens with zero attached hydrogens (tertiary/aromatic N) is 1. The topological polar surface area (TPSA) is 52.0 Å². The van der Waals surface area contributed by atoms with Crippen LogP contribution in [0.15, 0.2) is 10.6 Å². The van der Waals surface area contributed by atoms with Crippen LogP contribution in [-0.2, 0) is 0 Å². The van der Waals surface area contributed by atoms with Crippen LogP contribution in [0.1, 0.15) is 50.7 Å². The molecule has 0 saturated heterocycles. The van der Waals surface area contributed by atoms with E-state index in [9.17, 15) is 0 Å². The molecule has 0 unspecified atom stereocenters. The lowest BCUT2D eigenvalue weighted by Gasteiger charge is -2.25. The van der Waals surface area contributed by atoms with E-state index in [1.54, 1.807) is 6.20 Å². The molecule has 1 heterocycles. The number of aromatic nitrogens is 1. The van der Waals surface area contributed by atoms with E-state index in [4.69, 9.17) is 10.2 Å². The first-order valence-electron chi connectivity index (χ1n) is 5.50. The van der Waals surface area contributed by atoms with Gasteiger partial charge in [-0.15, -0.1) is 0 Å². The maximum atomic E-state index is 5.46. The van der Waals surface area contributed by atoms with Crippen molar-refractivity contribution in [2.24, 2.45) is 5.92 Å². The zero-order valence-corrected chi connectivity index (χ0v) is 8.70. The van der Waals surface area contributed by atoms with Crippen molar-refractivity contribution in [1.29, 1.82) is 0 Å². The molecule has 0 atom stereocenters. The van der Waals surface area contributed by atoms with Crippen molar-refractivity contribution < 1.29 is 4.42 Å². The van der Waals surface area contributed by atoms with Crippen molar-refractivity contribution in [2.75, 3.05) is 5.73 Å². The third-order valence-electron chi connectivity index (χ3n) is 3.37. The molecule has 14 heavy (non-hydrogen) atoms. The van der Waals surface area contributed by atoms with Crippen molar-refractivity contribution in [3.63, 3.8) is 0 Å². The van der Waals surface area contributed by atoms with E-state index in [0.717, 1.165) is 11.7 Å². The number of hydrogen-bond acceptors (Lipinski definition) is 3. The fraction of sp³-hybridized carbons (Fsp3) is 0.727. The third kappa shape index (κ3) is 1.91. The standard InChI is InChI=1S/C11H18N2O/c1-2-8-3-5-9(6-4-8)10-7-13-11(12)14-10/h7-9H,2-6H2,1H3,(H2,12,13). The van der Waals surface area contributed by atoms with Gasteiger partial charge in [0.25, 0.3) is 6.01 Å². The quantitative estimate of drug-likeness (QED) is 0.787.